The number of rotatable bonds is 10. The number of aromatic amines is 2. The lowest BCUT2D eigenvalue weighted by Crippen LogP contribution is -2.25. The van der Waals surface area contributed by atoms with Gasteiger partial charge in [0, 0.05) is 64.7 Å². The second kappa shape index (κ2) is 12.0. The molecule has 0 bridgehead atoms. The van der Waals surface area contributed by atoms with Crippen molar-refractivity contribution < 1.29 is 17.5 Å². The van der Waals surface area contributed by atoms with Crippen LogP contribution in [0.25, 0.3) is 55.7 Å². The van der Waals surface area contributed by atoms with Crippen LogP contribution < -0.4 is 9.46 Å². The number of pyridine rings is 3. The minimum absolute atomic E-state index is 0.0320. The van der Waals surface area contributed by atoms with Crippen LogP contribution >= 0.6 is 0 Å². The fraction of sp³-hybridized carbons (Fsp3) is 0.250. The first-order chi connectivity index (χ1) is 21.8. The van der Waals surface area contributed by atoms with E-state index in [2.05, 4.69) is 39.8 Å². The number of nitrogens with one attached hydrogen (secondary N) is 3. The molecule has 3 N–H and O–H groups in total. The average molecular weight is 627 g/mol. The van der Waals surface area contributed by atoms with E-state index in [1.807, 2.05) is 24.3 Å². The molecule has 1 aromatic carbocycles. The molecule has 1 fully saturated rings. The molecule has 0 atom stereocenters. The summed E-state index contributed by atoms with van der Waals surface area (Å²) in [6, 6.07) is 12.2. The molecule has 6 heterocycles. The highest BCUT2D eigenvalue weighted by molar-refractivity contribution is 7.88. The molecule has 6 aromatic rings. The molecule has 1 aliphatic heterocycles. The molecule has 0 amide bonds. The Balaban J connectivity index is 1.19. The maximum atomic E-state index is 14.6. The van der Waals surface area contributed by atoms with Gasteiger partial charge in [-0.2, -0.15) is 5.10 Å². The van der Waals surface area contributed by atoms with E-state index in [1.54, 1.807) is 30.9 Å². The van der Waals surface area contributed by atoms with Crippen LogP contribution in [-0.2, 0) is 16.6 Å². The molecule has 7 rings (SSSR count). The normalized spacial score (nSPS) is 14.1. The van der Waals surface area contributed by atoms with Crippen LogP contribution in [0.2, 0.25) is 0 Å². The van der Waals surface area contributed by atoms with E-state index in [1.165, 1.54) is 25.0 Å². The van der Waals surface area contributed by atoms with E-state index in [-0.39, 0.29) is 6.54 Å². The Labute approximate surface area is 258 Å². The molecule has 0 spiro atoms. The number of ether oxygens (including phenoxy) is 1. The van der Waals surface area contributed by atoms with Gasteiger partial charge in [-0.15, -0.1) is 0 Å². The van der Waals surface area contributed by atoms with E-state index in [0.717, 1.165) is 59.0 Å². The zero-order valence-electron chi connectivity index (χ0n) is 24.5. The van der Waals surface area contributed by atoms with Crippen molar-refractivity contribution >= 4 is 32.0 Å². The van der Waals surface area contributed by atoms with Crippen molar-refractivity contribution in [3.8, 4) is 39.5 Å². The first kappa shape index (κ1) is 29.0. The van der Waals surface area contributed by atoms with Crippen LogP contribution in [0.5, 0.6) is 5.75 Å². The number of hydrogen-bond donors (Lipinski definition) is 3. The first-order valence-corrected chi connectivity index (χ1v) is 16.6. The largest absolute Gasteiger partial charge is 0.491 e. The molecular weight excluding hydrogens is 595 g/mol. The third kappa shape index (κ3) is 6.41. The monoisotopic (exact) mass is 626 g/mol. The quantitative estimate of drug-likeness (QED) is 0.195. The predicted molar refractivity (Wildman–Crippen MR) is 170 cm³/mol. The lowest BCUT2D eigenvalue weighted by molar-refractivity contribution is 0.237. The van der Waals surface area contributed by atoms with Crippen LogP contribution in [0.1, 0.15) is 18.4 Å². The van der Waals surface area contributed by atoms with Crippen molar-refractivity contribution in [2.24, 2.45) is 0 Å². The maximum Gasteiger partial charge on any atom is 0.209 e. The van der Waals surface area contributed by atoms with E-state index in [0.29, 0.717) is 40.5 Å². The van der Waals surface area contributed by atoms with Crippen molar-refractivity contribution in [1.82, 2.24) is 39.8 Å². The molecule has 45 heavy (non-hydrogen) atoms. The highest BCUT2D eigenvalue weighted by atomic mass is 32.2. The number of H-pyrrole nitrogens is 2. The van der Waals surface area contributed by atoms with E-state index in [9.17, 15) is 12.8 Å². The van der Waals surface area contributed by atoms with Crippen LogP contribution in [0.3, 0.4) is 0 Å². The molecule has 1 aliphatic rings. The minimum atomic E-state index is -3.44. The summed E-state index contributed by atoms with van der Waals surface area (Å²) in [5, 5.41) is 9.16. The predicted octanol–water partition coefficient (Wildman–Crippen LogP) is 4.89. The second-order valence-electron chi connectivity index (χ2n) is 11.2. The lowest BCUT2D eigenvalue weighted by Gasteiger charge is -2.15. The minimum Gasteiger partial charge on any atom is -0.491 e. The molecule has 1 saturated heterocycles. The summed E-state index contributed by atoms with van der Waals surface area (Å²) in [5.74, 6) is 0.224. The van der Waals surface area contributed by atoms with E-state index < -0.39 is 15.8 Å². The van der Waals surface area contributed by atoms with Gasteiger partial charge >= 0.3 is 0 Å². The van der Waals surface area contributed by atoms with Crippen molar-refractivity contribution in [3.63, 3.8) is 0 Å². The van der Waals surface area contributed by atoms with Gasteiger partial charge < -0.3 is 9.72 Å². The molecule has 0 radical (unpaired) electrons. The number of sulfonamides is 1. The van der Waals surface area contributed by atoms with Gasteiger partial charge in [-0.05, 0) is 74.0 Å². The Morgan fingerprint density at radius 2 is 1.80 bits per heavy atom. The Bertz CT molecular complexity index is 2120. The molecule has 0 unspecified atom stereocenters. The fourth-order valence-corrected chi connectivity index (χ4v) is 6.16. The zero-order valence-corrected chi connectivity index (χ0v) is 25.4. The number of likely N-dealkylation sites (tertiary alicyclic amines) is 1. The van der Waals surface area contributed by atoms with Crippen LogP contribution in [0.15, 0.2) is 67.3 Å². The third-order valence-corrected chi connectivity index (χ3v) is 8.58. The molecule has 0 saturated carbocycles. The molecule has 0 aliphatic carbocycles. The first-order valence-electron chi connectivity index (χ1n) is 14.7. The summed E-state index contributed by atoms with van der Waals surface area (Å²) in [6.07, 6.45) is 10.5. The number of benzene rings is 1. The van der Waals surface area contributed by atoms with Crippen LogP contribution in [-0.4, -0.2) is 75.9 Å². The van der Waals surface area contributed by atoms with Gasteiger partial charge in [-0.25, -0.2) is 22.5 Å². The van der Waals surface area contributed by atoms with Crippen molar-refractivity contribution in [1.29, 1.82) is 0 Å². The van der Waals surface area contributed by atoms with Gasteiger partial charge in [0.2, 0.25) is 10.0 Å². The van der Waals surface area contributed by atoms with Gasteiger partial charge in [-0.1, -0.05) is 0 Å². The lowest BCUT2D eigenvalue weighted by atomic mass is 10.0. The molecule has 11 nitrogen and oxygen atoms in total. The number of aromatic nitrogens is 6. The zero-order chi connectivity index (χ0) is 31.0. The summed E-state index contributed by atoms with van der Waals surface area (Å²) in [5.41, 5.74) is 6.15. The van der Waals surface area contributed by atoms with Crippen LogP contribution in [0, 0.1) is 5.82 Å². The highest BCUT2D eigenvalue weighted by Crippen LogP contribution is 2.34. The average Bonchev–Trinajstić information content (AvgIpc) is 3.79. The van der Waals surface area contributed by atoms with E-state index in [4.69, 9.17) is 4.74 Å². The van der Waals surface area contributed by atoms with Crippen molar-refractivity contribution in [2.75, 3.05) is 32.5 Å². The number of fused-ring (bicyclic) bond motifs is 2. The Kier molecular flexibility index (Phi) is 7.73. The van der Waals surface area contributed by atoms with Gasteiger partial charge in [0.05, 0.1) is 23.8 Å². The third-order valence-electron chi connectivity index (χ3n) is 7.91. The topological polar surface area (TPSA) is 142 Å². The Hall–Kier alpha value is -4.72. The van der Waals surface area contributed by atoms with Gasteiger partial charge in [-0.3, -0.25) is 20.0 Å². The van der Waals surface area contributed by atoms with Gasteiger partial charge in [0.25, 0.3) is 0 Å². The number of hydrogen-bond acceptors (Lipinski definition) is 8. The molecule has 230 valence electrons. The summed E-state index contributed by atoms with van der Waals surface area (Å²) in [7, 11) is -3.44. The summed E-state index contributed by atoms with van der Waals surface area (Å²) < 4.78 is 46.2. The smallest absolute Gasteiger partial charge is 0.209 e. The second-order valence-corrected chi connectivity index (χ2v) is 13.1. The molecule has 13 heteroatoms. The number of halogens is 1. The molecule has 5 aromatic heterocycles. The van der Waals surface area contributed by atoms with Gasteiger partial charge in [0.15, 0.2) is 5.65 Å². The summed E-state index contributed by atoms with van der Waals surface area (Å²) >= 11 is 0. The standard InChI is InChI=1S/C32H31FN8O3S/c1-45(42,43)37-16-20-10-21(12-24(33)11-20)30-26-15-29(38-28(26)4-5-35-30)31-27-14-23(18-36-32(27)40-39-31)22-13-25(19-34-17-22)44-9-8-41-6-2-3-7-41/h4-5,10-15,17-19,37-38H,2-3,6-9,16H2,1H3,(H,36,39,40). The van der Waals surface area contributed by atoms with Gasteiger partial charge in [0.1, 0.15) is 23.9 Å². The van der Waals surface area contributed by atoms with Crippen LogP contribution in [0.4, 0.5) is 4.39 Å². The van der Waals surface area contributed by atoms with Crippen molar-refractivity contribution in [2.45, 2.75) is 19.4 Å². The summed E-state index contributed by atoms with van der Waals surface area (Å²) in [4.78, 5) is 19.4. The highest BCUT2D eigenvalue weighted by Gasteiger charge is 2.17. The Morgan fingerprint density at radius 3 is 2.64 bits per heavy atom. The number of nitrogens with zero attached hydrogens (tertiary/aromatic N) is 5. The summed E-state index contributed by atoms with van der Waals surface area (Å²) in [6.45, 7) is 3.74. The SMILES string of the molecule is CS(=O)(=O)NCc1cc(F)cc(-c2nccc3[nH]c(-c4n[nH]c5ncc(-c6cncc(OCCN7CCCC7)c6)cc45)cc23)c1. The molecular formula is C32H31FN8O3S. The maximum absolute atomic E-state index is 14.6. The van der Waals surface area contributed by atoms with E-state index >= 15 is 0 Å². The fourth-order valence-electron chi connectivity index (χ4n) is 5.74. The Morgan fingerprint density at radius 1 is 0.956 bits per heavy atom. The van der Waals surface area contributed by atoms with Crippen molar-refractivity contribution in [3.05, 3.63) is 78.6 Å².